The Hall–Kier alpha value is -1.38. The average molecular weight is 221 g/mol. The molecule has 0 aliphatic heterocycles. The van der Waals surface area contributed by atoms with Crippen LogP contribution in [0.15, 0.2) is 18.2 Å². The van der Waals surface area contributed by atoms with Gasteiger partial charge in [-0.2, -0.15) is 0 Å². The molecule has 2 rings (SSSR count). The summed E-state index contributed by atoms with van der Waals surface area (Å²) in [6.45, 7) is 1.59. The lowest BCUT2D eigenvalue weighted by Gasteiger charge is -2.17. The summed E-state index contributed by atoms with van der Waals surface area (Å²) < 4.78 is 13.8. The molecular weight excluding hydrogens is 205 g/mol. The number of carbonyl (C=O) groups excluding carboxylic acids is 1. The van der Waals surface area contributed by atoms with Gasteiger partial charge in [0.25, 0.3) is 0 Å². The molecule has 0 unspecified atom stereocenters. The van der Waals surface area contributed by atoms with E-state index in [-0.39, 0.29) is 17.0 Å². The summed E-state index contributed by atoms with van der Waals surface area (Å²) in [5, 5.41) is 0. The quantitative estimate of drug-likeness (QED) is 0.781. The van der Waals surface area contributed by atoms with Crippen LogP contribution >= 0.6 is 0 Å². The fourth-order valence-corrected chi connectivity index (χ4v) is 2.14. The molecule has 1 aliphatic carbocycles. The van der Waals surface area contributed by atoms with E-state index in [1.807, 2.05) is 6.07 Å². The molecule has 1 aromatic rings. The van der Waals surface area contributed by atoms with Crippen LogP contribution in [0.25, 0.3) is 0 Å². The third-order valence-electron chi connectivity index (χ3n) is 3.41. The van der Waals surface area contributed by atoms with Crippen LogP contribution < -0.4 is 4.90 Å². The van der Waals surface area contributed by atoms with Crippen molar-refractivity contribution in [1.82, 2.24) is 0 Å². The first-order valence-electron chi connectivity index (χ1n) is 5.46. The Morgan fingerprint density at radius 1 is 1.38 bits per heavy atom. The van der Waals surface area contributed by atoms with Crippen LogP contribution in [0.3, 0.4) is 0 Å². The van der Waals surface area contributed by atoms with Crippen molar-refractivity contribution < 1.29 is 9.18 Å². The third-order valence-corrected chi connectivity index (χ3v) is 3.41. The lowest BCUT2D eigenvalue weighted by Crippen LogP contribution is -2.18. The Kier molecular flexibility index (Phi) is 2.49. The highest BCUT2D eigenvalue weighted by molar-refractivity contribution is 5.91. The second-order valence-electron chi connectivity index (χ2n) is 4.70. The standard InChI is InChI=1S/C13H16FNO/c1-9(16)13(6-7-13)10-4-5-12(15(2)3)11(14)8-10/h4-5,8H,6-7H2,1-3H3. The number of hydrogen-bond acceptors (Lipinski definition) is 2. The Morgan fingerprint density at radius 2 is 2.00 bits per heavy atom. The van der Waals surface area contributed by atoms with E-state index in [1.54, 1.807) is 32.0 Å². The number of nitrogens with zero attached hydrogens (tertiary/aromatic N) is 1. The molecule has 0 aromatic heterocycles. The van der Waals surface area contributed by atoms with Gasteiger partial charge >= 0.3 is 0 Å². The normalized spacial score (nSPS) is 17.0. The summed E-state index contributed by atoms with van der Waals surface area (Å²) in [5.41, 5.74) is 0.997. The zero-order valence-electron chi connectivity index (χ0n) is 9.88. The molecule has 2 nitrogen and oxygen atoms in total. The van der Waals surface area contributed by atoms with Crippen molar-refractivity contribution in [2.24, 2.45) is 0 Å². The third kappa shape index (κ3) is 1.60. The summed E-state index contributed by atoms with van der Waals surface area (Å²) in [4.78, 5) is 13.3. The Labute approximate surface area is 95.1 Å². The van der Waals surface area contributed by atoms with Gasteiger partial charge in [-0.05, 0) is 37.5 Å². The van der Waals surface area contributed by atoms with E-state index in [0.29, 0.717) is 5.69 Å². The van der Waals surface area contributed by atoms with Crippen molar-refractivity contribution in [3.05, 3.63) is 29.6 Å². The molecule has 16 heavy (non-hydrogen) atoms. The zero-order chi connectivity index (χ0) is 11.9. The van der Waals surface area contributed by atoms with Gasteiger partial charge in [0.1, 0.15) is 11.6 Å². The number of Topliss-reactive ketones (excluding diaryl/α,β-unsaturated/α-hetero) is 1. The van der Waals surface area contributed by atoms with Crippen LogP contribution in [0.2, 0.25) is 0 Å². The number of benzene rings is 1. The molecule has 86 valence electrons. The Bertz CT molecular complexity index is 436. The first-order chi connectivity index (χ1) is 7.47. The van der Waals surface area contributed by atoms with E-state index in [2.05, 4.69) is 0 Å². The molecule has 0 bridgehead atoms. The van der Waals surface area contributed by atoms with Crippen LogP contribution in [0.5, 0.6) is 0 Å². The van der Waals surface area contributed by atoms with Crippen LogP contribution in [0, 0.1) is 5.82 Å². The van der Waals surface area contributed by atoms with Crippen LogP contribution in [0.4, 0.5) is 10.1 Å². The first-order valence-corrected chi connectivity index (χ1v) is 5.46. The summed E-state index contributed by atoms with van der Waals surface area (Å²) in [6, 6.07) is 5.12. The van der Waals surface area contributed by atoms with Gasteiger partial charge in [-0.25, -0.2) is 4.39 Å². The highest BCUT2D eigenvalue weighted by atomic mass is 19.1. The van der Waals surface area contributed by atoms with Crippen LogP contribution in [-0.4, -0.2) is 19.9 Å². The van der Waals surface area contributed by atoms with E-state index in [9.17, 15) is 9.18 Å². The highest BCUT2D eigenvalue weighted by Gasteiger charge is 2.48. The number of carbonyl (C=O) groups is 1. The maximum absolute atomic E-state index is 13.8. The van der Waals surface area contributed by atoms with Gasteiger partial charge in [0.2, 0.25) is 0 Å². The predicted molar refractivity (Wildman–Crippen MR) is 62.3 cm³/mol. The molecule has 1 aromatic carbocycles. The smallest absolute Gasteiger partial charge is 0.146 e. The molecule has 0 atom stereocenters. The molecule has 1 fully saturated rings. The second kappa shape index (κ2) is 3.58. The van der Waals surface area contributed by atoms with Gasteiger partial charge in [-0.15, -0.1) is 0 Å². The summed E-state index contributed by atoms with van der Waals surface area (Å²) in [7, 11) is 3.60. The second-order valence-corrected chi connectivity index (χ2v) is 4.70. The molecule has 0 N–H and O–H groups in total. The lowest BCUT2D eigenvalue weighted by molar-refractivity contribution is -0.119. The van der Waals surface area contributed by atoms with Crippen LogP contribution in [0.1, 0.15) is 25.3 Å². The summed E-state index contributed by atoms with van der Waals surface area (Å²) in [6.07, 6.45) is 1.70. The van der Waals surface area contributed by atoms with Gasteiger partial charge in [-0.1, -0.05) is 6.07 Å². The summed E-state index contributed by atoms with van der Waals surface area (Å²) >= 11 is 0. The van der Waals surface area contributed by atoms with Crippen molar-refractivity contribution in [2.75, 3.05) is 19.0 Å². The predicted octanol–water partition coefficient (Wildman–Crippen LogP) is 2.51. The minimum atomic E-state index is -0.383. The zero-order valence-corrected chi connectivity index (χ0v) is 9.88. The fraction of sp³-hybridized carbons (Fsp3) is 0.462. The molecule has 0 amide bonds. The van der Waals surface area contributed by atoms with Gasteiger partial charge in [-0.3, -0.25) is 4.79 Å². The SMILES string of the molecule is CC(=O)C1(c2ccc(N(C)C)c(F)c2)CC1. The van der Waals surface area contributed by atoms with Gasteiger partial charge < -0.3 is 4.90 Å². The molecule has 1 aliphatic rings. The van der Waals surface area contributed by atoms with E-state index >= 15 is 0 Å². The van der Waals surface area contributed by atoms with Crippen molar-refractivity contribution in [3.63, 3.8) is 0 Å². The van der Waals surface area contributed by atoms with E-state index in [0.717, 1.165) is 18.4 Å². The fourth-order valence-electron chi connectivity index (χ4n) is 2.14. The van der Waals surface area contributed by atoms with Gasteiger partial charge in [0.05, 0.1) is 11.1 Å². The Balaban J connectivity index is 2.39. The highest BCUT2D eigenvalue weighted by Crippen LogP contribution is 2.49. The van der Waals surface area contributed by atoms with Crippen molar-refractivity contribution in [3.8, 4) is 0 Å². The van der Waals surface area contributed by atoms with Crippen LogP contribution in [-0.2, 0) is 10.2 Å². The van der Waals surface area contributed by atoms with E-state index < -0.39 is 0 Å². The minimum absolute atomic E-state index is 0.143. The van der Waals surface area contributed by atoms with E-state index in [1.165, 1.54) is 6.07 Å². The lowest BCUT2D eigenvalue weighted by atomic mass is 9.92. The average Bonchev–Trinajstić information content (AvgIpc) is 2.97. The molecule has 0 saturated heterocycles. The molecular formula is C13H16FNO. The topological polar surface area (TPSA) is 20.3 Å². The summed E-state index contributed by atoms with van der Waals surface area (Å²) in [5.74, 6) is -0.112. The monoisotopic (exact) mass is 221 g/mol. The van der Waals surface area contributed by atoms with Gasteiger partial charge in [0, 0.05) is 14.1 Å². The molecule has 1 saturated carbocycles. The Morgan fingerprint density at radius 3 is 2.38 bits per heavy atom. The van der Waals surface area contributed by atoms with Crippen molar-refractivity contribution >= 4 is 11.5 Å². The number of halogens is 1. The minimum Gasteiger partial charge on any atom is -0.375 e. The first kappa shape index (κ1) is 11.1. The van der Waals surface area contributed by atoms with Crippen molar-refractivity contribution in [2.45, 2.75) is 25.2 Å². The molecule has 0 heterocycles. The number of anilines is 1. The largest absolute Gasteiger partial charge is 0.375 e. The molecule has 0 radical (unpaired) electrons. The maximum Gasteiger partial charge on any atom is 0.146 e. The molecule has 0 spiro atoms. The number of hydrogen-bond donors (Lipinski definition) is 0. The van der Waals surface area contributed by atoms with Gasteiger partial charge in [0.15, 0.2) is 0 Å². The van der Waals surface area contributed by atoms with Crippen molar-refractivity contribution in [1.29, 1.82) is 0 Å². The molecule has 3 heteroatoms. The maximum atomic E-state index is 13.8. The number of rotatable bonds is 3. The number of ketones is 1. The van der Waals surface area contributed by atoms with E-state index in [4.69, 9.17) is 0 Å².